The van der Waals surface area contributed by atoms with Crippen LogP contribution in [0.4, 0.5) is 0 Å². The van der Waals surface area contributed by atoms with Gasteiger partial charge in [0.2, 0.25) is 0 Å². The summed E-state index contributed by atoms with van der Waals surface area (Å²) in [5.41, 5.74) is 0. The van der Waals surface area contributed by atoms with Crippen molar-refractivity contribution in [2.45, 2.75) is 19.4 Å². The topological polar surface area (TPSA) is 30.5 Å². The van der Waals surface area contributed by atoms with Gasteiger partial charge in [-0.3, -0.25) is 0 Å². The van der Waals surface area contributed by atoms with Crippen LogP contribution in [0.25, 0.3) is 0 Å². The van der Waals surface area contributed by atoms with Gasteiger partial charge in [0.05, 0.1) is 19.3 Å². The highest BCUT2D eigenvalue weighted by molar-refractivity contribution is 4.51. The van der Waals surface area contributed by atoms with Crippen LogP contribution in [0.2, 0.25) is 0 Å². The van der Waals surface area contributed by atoms with Gasteiger partial charge in [0, 0.05) is 7.11 Å². The molecule has 0 aliphatic carbocycles. The van der Waals surface area contributed by atoms with Gasteiger partial charge in [-0.1, -0.05) is 0 Å². The van der Waals surface area contributed by atoms with E-state index in [2.05, 4.69) is 12.2 Å². The lowest BCUT2D eigenvalue weighted by atomic mass is 10.3. The lowest BCUT2D eigenvalue weighted by molar-refractivity contribution is 0.0230. The van der Waals surface area contributed by atoms with Gasteiger partial charge in [-0.15, -0.1) is 0 Å². The number of methoxy groups -OCH3 is 1. The molecule has 0 aliphatic rings. The summed E-state index contributed by atoms with van der Waals surface area (Å²) in [7, 11) is 3.63. The molecule has 0 aliphatic heterocycles. The molecule has 0 heterocycles. The van der Waals surface area contributed by atoms with Crippen LogP contribution in [0.5, 0.6) is 0 Å². The molecule has 3 nitrogen and oxygen atoms in total. The van der Waals surface area contributed by atoms with Crippen molar-refractivity contribution in [2.24, 2.45) is 0 Å². The smallest absolute Gasteiger partial charge is 0.0703 e. The lowest BCUT2D eigenvalue weighted by Crippen LogP contribution is -2.18. The Bertz CT molecular complexity index is 78.5. The zero-order valence-corrected chi connectivity index (χ0v) is 7.72. The highest BCUT2D eigenvalue weighted by atomic mass is 16.5. The molecule has 0 spiro atoms. The van der Waals surface area contributed by atoms with Crippen LogP contribution < -0.4 is 5.32 Å². The van der Waals surface area contributed by atoms with Gasteiger partial charge in [0.15, 0.2) is 0 Å². The molecule has 0 aromatic carbocycles. The molecule has 1 N–H and O–H groups in total. The number of hydrogen-bond donors (Lipinski definition) is 1. The van der Waals surface area contributed by atoms with E-state index in [4.69, 9.17) is 9.47 Å². The summed E-state index contributed by atoms with van der Waals surface area (Å²) >= 11 is 0. The highest BCUT2D eigenvalue weighted by Gasteiger charge is 1.99. The Morgan fingerprint density at radius 2 is 2.09 bits per heavy atom. The van der Waals surface area contributed by atoms with Crippen LogP contribution in [0.15, 0.2) is 0 Å². The Morgan fingerprint density at radius 3 is 2.64 bits per heavy atom. The van der Waals surface area contributed by atoms with Crippen molar-refractivity contribution in [1.82, 2.24) is 5.32 Å². The fourth-order valence-corrected chi connectivity index (χ4v) is 0.764. The molecule has 0 rings (SSSR count). The predicted molar refractivity (Wildman–Crippen MR) is 45.8 cm³/mol. The number of hydrogen-bond acceptors (Lipinski definition) is 3. The van der Waals surface area contributed by atoms with Gasteiger partial charge in [-0.25, -0.2) is 0 Å². The van der Waals surface area contributed by atoms with Crippen LogP contribution in [-0.4, -0.2) is 40.0 Å². The third-order valence-electron chi connectivity index (χ3n) is 1.49. The second-order valence-electron chi connectivity index (χ2n) is 2.57. The molecule has 0 fully saturated rings. The fraction of sp³-hybridized carbons (Fsp3) is 1.00. The van der Waals surface area contributed by atoms with E-state index in [0.29, 0.717) is 19.3 Å². The zero-order chi connectivity index (χ0) is 8.53. The zero-order valence-electron chi connectivity index (χ0n) is 7.72. The largest absolute Gasteiger partial charge is 0.382 e. The van der Waals surface area contributed by atoms with Gasteiger partial charge in [0.1, 0.15) is 0 Å². The monoisotopic (exact) mass is 161 g/mol. The van der Waals surface area contributed by atoms with Gasteiger partial charge in [0.25, 0.3) is 0 Å². The molecule has 0 aromatic rings. The van der Waals surface area contributed by atoms with Crippen molar-refractivity contribution in [3.05, 3.63) is 0 Å². The SMILES string of the molecule is CNCCC(C)OCCOC. The summed E-state index contributed by atoms with van der Waals surface area (Å²) in [6.45, 7) is 4.46. The quantitative estimate of drug-likeness (QED) is 0.556. The van der Waals surface area contributed by atoms with Crippen molar-refractivity contribution in [3.8, 4) is 0 Å². The maximum Gasteiger partial charge on any atom is 0.0703 e. The van der Waals surface area contributed by atoms with Crippen LogP contribution in [0.3, 0.4) is 0 Å². The summed E-state index contributed by atoms with van der Waals surface area (Å²) in [4.78, 5) is 0. The van der Waals surface area contributed by atoms with Gasteiger partial charge >= 0.3 is 0 Å². The molecule has 0 saturated heterocycles. The predicted octanol–water partition coefficient (Wildman–Crippen LogP) is 0.647. The standard InChI is InChI=1S/C8H19NO2/c1-8(4-5-9-2)11-7-6-10-3/h8-9H,4-7H2,1-3H3. The molecule has 0 radical (unpaired) electrons. The average molecular weight is 161 g/mol. The van der Waals surface area contributed by atoms with Gasteiger partial charge < -0.3 is 14.8 Å². The number of rotatable bonds is 7. The summed E-state index contributed by atoms with van der Waals surface area (Å²) in [6.07, 6.45) is 1.39. The van der Waals surface area contributed by atoms with Crippen molar-refractivity contribution in [3.63, 3.8) is 0 Å². The summed E-state index contributed by atoms with van der Waals surface area (Å²) < 4.78 is 10.3. The van der Waals surface area contributed by atoms with E-state index < -0.39 is 0 Å². The molecule has 0 saturated carbocycles. The Kier molecular flexibility index (Phi) is 7.89. The second-order valence-corrected chi connectivity index (χ2v) is 2.57. The van der Waals surface area contributed by atoms with Gasteiger partial charge in [-0.05, 0) is 26.9 Å². The molecular formula is C8H19NO2. The Labute approximate surface area is 69.1 Å². The molecule has 68 valence electrons. The van der Waals surface area contributed by atoms with E-state index in [0.717, 1.165) is 13.0 Å². The molecule has 11 heavy (non-hydrogen) atoms. The first kappa shape index (κ1) is 10.9. The summed E-state index contributed by atoms with van der Waals surface area (Å²) in [5, 5.41) is 3.08. The Morgan fingerprint density at radius 1 is 1.36 bits per heavy atom. The first-order valence-corrected chi connectivity index (χ1v) is 4.06. The van der Waals surface area contributed by atoms with E-state index in [1.807, 2.05) is 7.05 Å². The van der Waals surface area contributed by atoms with E-state index in [-0.39, 0.29) is 0 Å². The van der Waals surface area contributed by atoms with Crippen LogP contribution in [0, 0.1) is 0 Å². The van der Waals surface area contributed by atoms with E-state index >= 15 is 0 Å². The van der Waals surface area contributed by atoms with Crippen LogP contribution >= 0.6 is 0 Å². The average Bonchev–Trinajstić information content (AvgIpc) is 2.01. The van der Waals surface area contributed by atoms with Crippen molar-refractivity contribution in [1.29, 1.82) is 0 Å². The van der Waals surface area contributed by atoms with Crippen molar-refractivity contribution in [2.75, 3.05) is 33.9 Å². The van der Waals surface area contributed by atoms with Crippen LogP contribution in [-0.2, 0) is 9.47 Å². The molecular weight excluding hydrogens is 142 g/mol. The molecule has 1 atom stereocenters. The molecule has 0 amide bonds. The minimum absolute atomic E-state index is 0.331. The first-order valence-electron chi connectivity index (χ1n) is 4.06. The van der Waals surface area contributed by atoms with Gasteiger partial charge in [-0.2, -0.15) is 0 Å². The van der Waals surface area contributed by atoms with E-state index in [1.165, 1.54) is 0 Å². The summed E-state index contributed by atoms with van der Waals surface area (Å²) in [5.74, 6) is 0. The molecule has 0 aromatic heterocycles. The van der Waals surface area contributed by atoms with Crippen molar-refractivity contribution < 1.29 is 9.47 Å². The number of ether oxygens (including phenoxy) is 2. The van der Waals surface area contributed by atoms with E-state index in [9.17, 15) is 0 Å². The first-order chi connectivity index (χ1) is 5.31. The fourth-order valence-electron chi connectivity index (χ4n) is 0.764. The maximum absolute atomic E-state index is 5.42. The van der Waals surface area contributed by atoms with Crippen molar-refractivity contribution >= 4 is 0 Å². The highest BCUT2D eigenvalue weighted by Crippen LogP contribution is 1.94. The minimum Gasteiger partial charge on any atom is -0.382 e. The maximum atomic E-state index is 5.42. The third kappa shape index (κ3) is 7.78. The molecule has 1 unspecified atom stereocenters. The number of nitrogens with one attached hydrogen (secondary N) is 1. The molecule has 0 bridgehead atoms. The van der Waals surface area contributed by atoms with Crippen LogP contribution in [0.1, 0.15) is 13.3 Å². The second kappa shape index (κ2) is 7.98. The minimum atomic E-state index is 0.331. The Hall–Kier alpha value is -0.120. The lowest BCUT2D eigenvalue weighted by Gasteiger charge is -2.11. The normalized spacial score (nSPS) is 13.4. The Balaban J connectivity index is 3.02. The molecule has 3 heteroatoms. The van der Waals surface area contributed by atoms with E-state index in [1.54, 1.807) is 7.11 Å². The third-order valence-corrected chi connectivity index (χ3v) is 1.49. The summed E-state index contributed by atoms with van der Waals surface area (Å²) in [6, 6.07) is 0.